The molecule has 1 saturated heterocycles. The highest BCUT2D eigenvalue weighted by atomic mass is 15.2. The van der Waals surface area contributed by atoms with Gasteiger partial charge in [-0.1, -0.05) is 44.2 Å². The molecule has 0 saturated carbocycles. The van der Waals surface area contributed by atoms with E-state index in [1.54, 1.807) is 0 Å². The molecule has 1 aromatic rings. The highest BCUT2D eigenvalue weighted by molar-refractivity contribution is 5.21. The highest BCUT2D eigenvalue weighted by Gasteiger charge is 2.28. The summed E-state index contributed by atoms with van der Waals surface area (Å²) < 4.78 is 0. The predicted octanol–water partition coefficient (Wildman–Crippen LogP) is 3.60. The Morgan fingerprint density at radius 2 is 1.79 bits per heavy atom. The van der Waals surface area contributed by atoms with Crippen LogP contribution in [0.25, 0.3) is 0 Å². The molecule has 1 N–H and O–H groups in total. The smallest absolute Gasteiger partial charge is 0.0478 e. The lowest BCUT2D eigenvalue weighted by atomic mass is 9.96. The highest BCUT2D eigenvalue weighted by Crippen LogP contribution is 2.26. The normalized spacial score (nSPS) is 19.5. The van der Waals surface area contributed by atoms with E-state index in [0.29, 0.717) is 12.1 Å². The van der Waals surface area contributed by atoms with E-state index in [4.69, 9.17) is 0 Å². The monoisotopic (exact) mass is 260 g/mol. The molecule has 106 valence electrons. The maximum atomic E-state index is 3.77. The van der Waals surface area contributed by atoms with Crippen LogP contribution in [0.3, 0.4) is 0 Å². The van der Waals surface area contributed by atoms with Crippen LogP contribution in [0.2, 0.25) is 0 Å². The molecule has 2 atom stereocenters. The molecule has 0 aromatic heterocycles. The molecule has 2 rings (SSSR count). The minimum Gasteiger partial charge on any atom is -0.309 e. The van der Waals surface area contributed by atoms with E-state index in [1.807, 2.05) is 0 Å². The second kappa shape index (κ2) is 7.66. The Balaban J connectivity index is 2.14. The summed E-state index contributed by atoms with van der Waals surface area (Å²) in [4.78, 5) is 2.68. The lowest BCUT2D eigenvalue weighted by Gasteiger charge is -2.35. The van der Waals surface area contributed by atoms with Gasteiger partial charge in [0.1, 0.15) is 0 Å². The molecular weight excluding hydrogens is 232 g/mol. The van der Waals surface area contributed by atoms with Gasteiger partial charge in [0.25, 0.3) is 0 Å². The molecule has 2 unspecified atom stereocenters. The number of nitrogens with zero attached hydrogens (tertiary/aromatic N) is 1. The first-order valence-electron chi connectivity index (χ1n) is 7.89. The van der Waals surface area contributed by atoms with Crippen LogP contribution in [0.5, 0.6) is 0 Å². The predicted molar refractivity (Wildman–Crippen MR) is 82.4 cm³/mol. The van der Waals surface area contributed by atoms with Gasteiger partial charge in [0.05, 0.1) is 0 Å². The van der Waals surface area contributed by atoms with Crippen molar-refractivity contribution >= 4 is 0 Å². The van der Waals surface area contributed by atoms with Crippen molar-refractivity contribution in [1.29, 1.82) is 0 Å². The summed E-state index contributed by atoms with van der Waals surface area (Å²) >= 11 is 0. The summed E-state index contributed by atoms with van der Waals surface area (Å²) in [5.74, 6) is 0. The third-order valence-electron chi connectivity index (χ3n) is 4.19. The summed E-state index contributed by atoms with van der Waals surface area (Å²) in [5, 5.41) is 3.77. The fourth-order valence-electron chi connectivity index (χ4n) is 3.21. The summed E-state index contributed by atoms with van der Waals surface area (Å²) in [5.41, 5.74) is 1.44. The van der Waals surface area contributed by atoms with E-state index >= 15 is 0 Å². The first-order valence-corrected chi connectivity index (χ1v) is 7.89. The van der Waals surface area contributed by atoms with Crippen LogP contribution < -0.4 is 5.32 Å². The van der Waals surface area contributed by atoms with Crippen LogP contribution in [-0.2, 0) is 0 Å². The van der Waals surface area contributed by atoms with Crippen molar-refractivity contribution in [2.45, 2.75) is 51.6 Å². The second-order valence-electron chi connectivity index (χ2n) is 5.56. The molecule has 1 aliphatic heterocycles. The number of hydrogen-bond donors (Lipinski definition) is 1. The van der Waals surface area contributed by atoms with E-state index in [2.05, 4.69) is 54.4 Å². The maximum Gasteiger partial charge on any atom is 0.0478 e. The van der Waals surface area contributed by atoms with Gasteiger partial charge in [-0.15, -0.1) is 0 Å². The number of likely N-dealkylation sites (tertiary alicyclic amines) is 1. The molecule has 2 nitrogen and oxygen atoms in total. The van der Waals surface area contributed by atoms with Gasteiger partial charge in [-0.3, -0.25) is 4.90 Å². The Bertz CT molecular complexity index is 344. The molecule has 0 bridgehead atoms. The molecule has 1 aliphatic rings. The molecule has 0 spiro atoms. The van der Waals surface area contributed by atoms with Crippen LogP contribution in [0.4, 0.5) is 0 Å². The largest absolute Gasteiger partial charge is 0.309 e. The third-order valence-corrected chi connectivity index (χ3v) is 4.19. The molecule has 0 radical (unpaired) electrons. The molecule has 1 fully saturated rings. The number of rotatable bonds is 7. The van der Waals surface area contributed by atoms with Gasteiger partial charge in [-0.05, 0) is 50.9 Å². The summed E-state index contributed by atoms with van der Waals surface area (Å²) in [6.45, 7) is 8.22. The molecule has 1 heterocycles. The van der Waals surface area contributed by atoms with Crippen LogP contribution in [0.15, 0.2) is 30.3 Å². The van der Waals surface area contributed by atoms with Crippen LogP contribution >= 0.6 is 0 Å². The van der Waals surface area contributed by atoms with Gasteiger partial charge in [0.15, 0.2) is 0 Å². The fourth-order valence-corrected chi connectivity index (χ4v) is 3.21. The molecule has 19 heavy (non-hydrogen) atoms. The molecule has 2 heteroatoms. The quantitative estimate of drug-likeness (QED) is 0.806. The van der Waals surface area contributed by atoms with Crippen molar-refractivity contribution in [1.82, 2.24) is 10.2 Å². The maximum absolute atomic E-state index is 3.77. The summed E-state index contributed by atoms with van der Waals surface area (Å²) in [6.07, 6.45) is 5.15. The Labute approximate surface area is 118 Å². The lowest BCUT2D eigenvalue weighted by Crippen LogP contribution is -2.43. The van der Waals surface area contributed by atoms with Gasteiger partial charge in [-0.25, -0.2) is 0 Å². The van der Waals surface area contributed by atoms with E-state index in [-0.39, 0.29) is 0 Å². The lowest BCUT2D eigenvalue weighted by molar-refractivity contribution is 0.185. The first kappa shape index (κ1) is 14.5. The van der Waals surface area contributed by atoms with Gasteiger partial charge in [-0.2, -0.15) is 0 Å². The second-order valence-corrected chi connectivity index (χ2v) is 5.56. The van der Waals surface area contributed by atoms with E-state index in [9.17, 15) is 0 Å². The molecule has 1 aromatic carbocycles. The Morgan fingerprint density at radius 1 is 1.11 bits per heavy atom. The third kappa shape index (κ3) is 3.80. The molecule has 0 amide bonds. The van der Waals surface area contributed by atoms with Crippen molar-refractivity contribution < 1.29 is 0 Å². The minimum absolute atomic E-state index is 0.476. The van der Waals surface area contributed by atoms with Crippen molar-refractivity contribution in [2.75, 3.05) is 19.6 Å². The van der Waals surface area contributed by atoms with E-state index in [1.165, 1.54) is 44.3 Å². The van der Waals surface area contributed by atoms with Crippen molar-refractivity contribution in [3.63, 3.8) is 0 Å². The van der Waals surface area contributed by atoms with Crippen molar-refractivity contribution in [3.05, 3.63) is 35.9 Å². The first-order chi connectivity index (χ1) is 9.36. The van der Waals surface area contributed by atoms with Gasteiger partial charge < -0.3 is 5.32 Å². The summed E-state index contributed by atoms with van der Waals surface area (Å²) in [7, 11) is 0. The average molecular weight is 260 g/mol. The standard InChI is InChI=1S/C17H28N2/c1-3-12-18-17(15-10-6-5-7-11-15)16(4-2)19-13-8-9-14-19/h5-7,10-11,16-18H,3-4,8-9,12-14H2,1-2H3. The average Bonchev–Trinajstić information content (AvgIpc) is 2.98. The number of benzene rings is 1. The van der Waals surface area contributed by atoms with Gasteiger partial charge >= 0.3 is 0 Å². The topological polar surface area (TPSA) is 15.3 Å². The van der Waals surface area contributed by atoms with Gasteiger partial charge in [0, 0.05) is 12.1 Å². The zero-order chi connectivity index (χ0) is 13.5. The van der Waals surface area contributed by atoms with Crippen molar-refractivity contribution in [2.24, 2.45) is 0 Å². The zero-order valence-corrected chi connectivity index (χ0v) is 12.4. The molecular formula is C17H28N2. The van der Waals surface area contributed by atoms with Crippen LogP contribution in [-0.4, -0.2) is 30.6 Å². The minimum atomic E-state index is 0.476. The Kier molecular flexibility index (Phi) is 5.87. The van der Waals surface area contributed by atoms with E-state index in [0.717, 1.165) is 6.54 Å². The Hall–Kier alpha value is -0.860. The number of nitrogens with one attached hydrogen (secondary N) is 1. The fraction of sp³-hybridized carbons (Fsp3) is 0.647. The van der Waals surface area contributed by atoms with Crippen LogP contribution in [0, 0.1) is 0 Å². The van der Waals surface area contributed by atoms with Crippen LogP contribution in [0.1, 0.15) is 51.1 Å². The summed E-state index contributed by atoms with van der Waals surface area (Å²) in [6, 6.07) is 12.1. The number of hydrogen-bond acceptors (Lipinski definition) is 2. The molecule has 0 aliphatic carbocycles. The Morgan fingerprint density at radius 3 is 2.37 bits per heavy atom. The SMILES string of the molecule is CCCNC(c1ccccc1)C(CC)N1CCCC1. The van der Waals surface area contributed by atoms with Gasteiger partial charge in [0.2, 0.25) is 0 Å². The van der Waals surface area contributed by atoms with Crippen molar-refractivity contribution in [3.8, 4) is 0 Å². The van der Waals surface area contributed by atoms with E-state index < -0.39 is 0 Å². The zero-order valence-electron chi connectivity index (χ0n) is 12.4.